The Balaban J connectivity index is 2.29. The minimum atomic E-state index is 0.0947. The molecule has 1 heterocycles. The van der Waals surface area contributed by atoms with Crippen LogP contribution in [-0.4, -0.2) is 52.3 Å². The van der Waals surface area contributed by atoms with Crippen molar-refractivity contribution in [2.75, 3.05) is 46.3 Å². The van der Waals surface area contributed by atoms with Crippen LogP contribution in [-0.2, 0) is 4.79 Å². The summed E-state index contributed by atoms with van der Waals surface area (Å²) in [7, 11) is 7.49. The number of carbonyl (C=O) groups excluding carboxylic acids is 1. The molecular formula is C19H28N3O3S+. The molecule has 0 bridgehead atoms. The normalized spacial score (nSPS) is 10.8. The molecule has 142 valence electrons. The van der Waals surface area contributed by atoms with Gasteiger partial charge in [0, 0.05) is 30.3 Å². The highest BCUT2D eigenvalue weighted by molar-refractivity contribution is 7.14. The summed E-state index contributed by atoms with van der Waals surface area (Å²) >= 11 is 1.48. The summed E-state index contributed by atoms with van der Waals surface area (Å²) in [5.41, 5.74) is 1.64. The van der Waals surface area contributed by atoms with E-state index >= 15 is 0 Å². The number of quaternary nitrogens is 1. The number of hydrogen-bond acceptors (Lipinski definition) is 5. The van der Waals surface area contributed by atoms with Crippen molar-refractivity contribution < 1.29 is 19.2 Å². The Kier molecular flexibility index (Phi) is 7.41. The Bertz CT molecular complexity index is 731. The van der Waals surface area contributed by atoms with Gasteiger partial charge in [-0.05, 0) is 18.2 Å². The molecule has 0 unspecified atom stereocenters. The van der Waals surface area contributed by atoms with E-state index in [1.807, 2.05) is 30.5 Å². The fraction of sp³-hybridized carbons (Fsp3) is 0.474. The summed E-state index contributed by atoms with van der Waals surface area (Å²) in [5, 5.41) is 2.69. The van der Waals surface area contributed by atoms with E-state index in [0.717, 1.165) is 40.9 Å². The highest BCUT2D eigenvalue weighted by atomic mass is 32.1. The second-order valence-electron chi connectivity index (χ2n) is 6.29. The van der Waals surface area contributed by atoms with E-state index in [0.29, 0.717) is 13.0 Å². The molecule has 7 heteroatoms. The van der Waals surface area contributed by atoms with Gasteiger partial charge in [0.05, 0.1) is 40.6 Å². The molecular weight excluding hydrogens is 350 g/mol. The minimum Gasteiger partial charge on any atom is -0.497 e. The quantitative estimate of drug-likeness (QED) is 0.726. The van der Waals surface area contributed by atoms with E-state index in [2.05, 4.69) is 14.1 Å². The zero-order chi connectivity index (χ0) is 19.1. The average Bonchev–Trinajstić information content (AvgIpc) is 3.13. The lowest BCUT2D eigenvalue weighted by atomic mass is 10.1. The molecule has 6 nitrogen and oxygen atoms in total. The van der Waals surface area contributed by atoms with Crippen molar-refractivity contribution in [3.63, 3.8) is 0 Å². The van der Waals surface area contributed by atoms with Gasteiger partial charge in [0.25, 0.3) is 0 Å². The largest absolute Gasteiger partial charge is 0.497 e. The molecule has 26 heavy (non-hydrogen) atoms. The molecule has 0 aliphatic rings. The number of ether oxygens (including phenoxy) is 2. The van der Waals surface area contributed by atoms with Crippen LogP contribution >= 0.6 is 11.3 Å². The van der Waals surface area contributed by atoms with Crippen LogP contribution in [0.4, 0.5) is 5.13 Å². The summed E-state index contributed by atoms with van der Waals surface area (Å²) in [6, 6.07) is 5.62. The fourth-order valence-electron chi connectivity index (χ4n) is 2.63. The summed E-state index contributed by atoms with van der Waals surface area (Å²) in [6.45, 7) is 3.57. The van der Waals surface area contributed by atoms with Crippen LogP contribution in [0.15, 0.2) is 23.6 Å². The van der Waals surface area contributed by atoms with Crippen molar-refractivity contribution >= 4 is 22.4 Å². The summed E-state index contributed by atoms with van der Waals surface area (Å²) in [6.07, 6.45) is 1.40. The average molecular weight is 379 g/mol. The Labute approximate surface area is 159 Å². The number of benzene rings is 1. The van der Waals surface area contributed by atoms with Gasteiger partial charge in [-0.3, -0.25) is 9.69 Å². The molecule has 0 saturated heterocycles. The zero-order valence-corrected chi connectivity index (χ0v) is 17.0. The van der Waals surface area contributed by atoms with E-state index in [-0.39, 0.29) is 5.91 Å². The molecule has 1 amide bonds. The number of anilines is 1. The molecule has 1 aromatic heterocycles. The van der Waals surface area contributed by atoms with Gasteiger partial charge in [-0.2, -0.15) is 0 Å². The monoisotopic (exact) mass is 378 g/mol. The lowest BCUT2D eigenvalue weighted by molar-refractivity contribution is -0.858. The lowest BCUT2D eigenvalue weighted by Crippen LogP contribution is -3.05. The van der Waals surface area contributed by atoms with Gasteiger partial charge in [0.15, 0.2) is 5.13 Å². The van der Waals surface area contributed by atoms with Gasteiger partial charge < -0.3 is 14.4 Å². The van der Waals surface area contributed by atoms with Gasteiger partial charge in [0.2, 0.25) is 5.91 Å². The number of nitrogens with one attached hydrogen (secondary N) is 1. The fourth-order valence-corrected chi connectivity index (χ4v) is 3.50. The topological polar surface area (TPSA) is 56.1 Å². The summed E-state index contributed by atoms with van der Waals surface area (Å²) in [5.74, 6) is 1.57. The van der Waals surface area contributed by atoms with Crippen molar-refractivity contribution in [3.05, 3.63) is 23.6 Å². The van der Waals surface area contributed by atoms with E-state index in [4.69, 9.17) is 14.5 Å². The Hall–Kier alpha value is -2.12. The van der Waals surface area contributed by atoms with E-state index in [1.54, 1.807) is 19.1 Å². The van der Waals surface area contributed by atoms with Crippen LogP contribution < -0.4 is 19.3 Å². The Morgan fingerprint density at radius 2 is 2.04 bits per heavy atom. The molecule has 1 N–H and O–H groups in total. The van der Waals surface area contributed by atoms with E-state index in [1.165, 1.54) is 16.2 Å². The summed E-state index contributed by atoms with van der Waals surface area (Å²) < 4.78 is 10.8. The van der Waals surface area contributed by atoms with E-state index in [9.17, 15) is 4.79 Å². The van der Waals surface area contributed by atoms with Crippen molar-refractivity contribution in [1.82, 2.24) is 4.98 Å². The molecule has 0 atom stereocenters. The third-order valence-electron chi connectivity index (χ3n) is 4.07. The molecule has 2 aromatic rings. The molecule has 0 saturated carbocycles. The number of amides is 1. The first-order valence-corrected chi connectivity index (χ1v) is 9.65. The predicted molar refractivity (Wildman–Crippen MR) is 106 cm³/mol. The third kappa shape index (κ3) is 4.95. The third-order valence-corrected chi connectivity index (χ3v) is 4.93. The van der Waals surface area contributed by atoms with Crippen LogP contribution in [0.2, 0.25) is 0 Å². The zero-order valence-electron chi connectivity index (χ0n) is 16.2. The number of hydrogen-bond donors (Lipinski definition) is 1. The van der Waals surface area contributed by atoms with Gasteiger partial charge in [0.1, 0.15) is 11.5 Å². The lowest BCUT2D eigenvalue weighted by Gasteiger charge is -2.19. The number of carbonyl (C=O) groups is 1. The number of methoxy groups -OCH3 is 2. The van der Waals surface area contributed by atoms with Crippen molar-refractivity contribution in [3.8, 4) is 22.8 Å². The molecule has 1 aromatic carbocycles. The van der Waals surface area contributed by atoms with Gasteiger partial charge in [-0.15, -0.1) is 11.3 Å². The van der Waals surface area contributed by atoms with Crippen molar-refractivity contribution in [2.45, 2.75) is 19.8 Å². The highest BCUT2D eigenvalue weighted by Crippen LogP contribution is 2.36. The summed E-state index contributed by atoms with van der Waals surface area (Å²) in [4.78, 5) is 20.3. The Morgan fingerprint density at radius 3 is 2.65 bits per heavy atom. The Morgan fingerprint density at radius 1 is 1.27 bits per heavy atom. The molecule has 2 rings (SSSR count). The highest BCUT2D eigenvalue weighted by Gasteiger charge is 2.19. The first kappa shape index (κ1) is 20.2. The number of rotatable bonds is 9. The molecule has 0 aliphatic carbocycles. The van der Waals surface area contributed by atoms with Crippen LogP contribution in [0.25, 0.3) is 11.3 Å². The van der Waals surface area contributed by atoms with Crippen LogP contribution in [0, 0.1) is 0 Å². The first-order valence-electron chi connectivity index (χ1n) is 8.77. The molecule has 0 spiro atoms. The smallest absolute Gasteiger partial charge is 0.228 e. The first-order chi connectivity index (χ1) is 12.5. The van der Waals surface area contributed by atoms with Gasteiger partial charge in [-0.1, -0.05) is 6.92 Å². The minimum absolute atomic E-state index is 0.0947. The molecule has 0 fully saturated rings. The predicted octanol–water partition coefficient (Wildman–Crippen LogP) is 2.10. The number of thiazole rings is 1. The van der Waals surface area contributed by atoms with Crippen molar-refractivity contribution in [1.29, 1.82) is 0 Å². The number of nitrogens with zero attached hydrogens (tertiary/aromatic N) is 2. The SMILES string of the molecule is CCC(=O)N(CCC[NH+](C)C)c1nc(-c2cc(OC)ccc2OC)cs1. The maximum Gasteiger partial charge on any atom is 0.228 e. The van der Waals surface area contributed by atoms with Crippen molar-refractivity contribution in [2.24, 2.45) is 0 Å². The van der Waals surface area contributed by atoms with Crippen LogP contribution in [0.3, 0.4) is 0 Å². The van der Waals surface area contributed by atoms with Crippen LogP contribution in [0.5, 0.6) is 11.5 Å². The van der Waals surface area contributed by atoms with Gasteiger partial charge >= 0.3 is 0 Å². The second kappa shape index (κ2) is 9.54. The van der Waals surface area contributed by atoms with E-state index < -0.39 is 0 Å². The molecule has 0 radical (unpaired) electrons. The maximum atomic E-state index is 12.4. The van der Waals surface area contributed by atoms with Crippen LogP contribution in [0.1, 0.15) is 19.8 Å². The number of aromatic nitrogens is 1. The molecule has 0 aliphatic heterocycles. The maximum absolute atomic E-state index is 12.4. The second-order valence-corrected chi connectivity index (χ2v) is 7.13. The van der Waals surface area contributed by atoms with Gasteiger partial charge in [-0.25, -0.2) is 4.98 Å². The standard InChI is InChI=1S/C19H27N3O3S/c1-6-18(23)22(11-7-10-21(2)3)19-20-16(13-26-19)15-12-14(24-4)8-9-17(15)25-5/h8-9,12-13H,6-7,10-11H2,1-5H3/p+1.